The fourth-order valence-corrected chi connectivity index (χ4v) is 0.937. The van der Waals surface area contributed by atoms with Crippen LogP contribution in [0.2, 0.25) is 0 Å². The van der Waals surface area contributed by atoms with E-state index in [1.54, 1.807) is 13.2 Å². The summed E-state index contributed by atoms with van der Waals surface area (Å²) in [6, 6.07) is 7.39. The number of carboxylic acid groups (broad SMARTS) is 2. The molecule has 0 heterocycles. The van der Waals surface area contributed by atoms with Crippen LogP contribution < -0.4 is 10.5 Å². The van der Waals surface area contributed by atoms with Gasteiger partial charge in [-0.2, -0.15) is 0 Å². The van der Waals surface area contributed by atoms with E-state index in [0.717, 1.165) is 5.75 Å². The van der Waals surface area contributed by atoms with Gasteiger partial charge >= 0.3 is 11.9 Å². The molecule has 0 fully saturated rings. The topological polar surface area (TPSA) is 150 Å². The quantitative estimate of drug-likeness (QED) is 0.445. The van der Waals surface area contributed by atoms with Crippen LogP contribution in [0.25, 0.3) is 0 Å². The monoisotopic (exact) mass is 273 g/mol. The maximum atomic E-state index is 9.77. The number of para-hydroxylation sites is 2. The minimum Gasteiger partial charge on any atom is -0.495 e. The molecule has 2 atom stereocenters. The number of anilines is 1. The van der Waals surface area contributed by atoms with E-state index in [-0.39, 0.29) is 0 Å². The molecular formula is C11H15NO7. The van der Waals surface area contributed by atoms with E-state index in [9.17, 15) is 9.59 Å². The van der Waals surface area contributed by atoms with E-state index in [2.05, 4.69) is 0 Å². The molecule has 0 aliphatic rings. The van der Waals surface area contributed by atoms with Gasteiger partial charge in [0.05, 0.1) is 12.8 Å². The maximum Gasteiger partial charge on any atom is 0.335 e. The summed E-state index contributed by atoms with van der Waals surface area (Å²) >= 11 is 0. The molecular weight excluding hydrogens is 258 g/mol. The second-order valence-electron chi connectivity index (χ2n) is 3.31. The second kappa shape index (κ2) is 7.90. The predicted molar refractivity (Wildman–Crippen MR) is 64.7 cm³/mol. The smallest absolute Gasteiger partial charge is 0.335 e. The molecule has 8 heteroatoms. The number of hydrogen-bond donors (Lipinski definition) is 5. The number of ether oxygens (including phenoxy) is 1. The van der Waals surface area contributed by atoms with Crippen LogP contribution in [0.4, 0.5) is 5.69 Å². The van der Waals surface area contributed by atoms with Gasteiger partial charge in [-0.25, -0.2) is 9.59 Å². The number of aliphatic carboxylic acids is 2. The maximum absolute atomic E-state index is 9.77. The molecule has 106 valence electrons. The number of aliphatic hydroxyl groups excluding tert-OH is 2. The van der Waals surface area contributed by atoms with Crippen molar-refractivity contribution in [2.75, 3.05) is 12.8 Å². The Labute approximate surface area is 108 Å². The molecule has 0 aliphatic carbocycles. The predicted octanol–water partition coefficient (Wildman–Crippen LogP) is -0.845. The second-order valence-corrected chi connectivity index (χ2v) is 3.31. The Morgan fingerprint density at radius 3 is 1.79 bits per heavy atom. The number of nitrogen functional groups attached to an aromatic ring is 1. The summed E-state index contributed by atoms with van der Waals surface area (Å²) in [6.45, 7) is 0. The first-order valence-electron chi connectivity index (χ1n) is 5.01. The molecule has 0 amide bonds. The Hall–Kier alpha value is -2.32. The van der Waals surface area contributed by atoms with E-state index < -0.39 is 24.1 Å². The number of aliphatic hydroxyl groups is 2. The standard InChI is InChI=1S/C7H9NO.C4H6O6/c1-9-7-5-3-2-4-6(7)8;5-1(3(7)8)2(6)4(9)10/h2-5H,8H2,1H3;1-2,5-6H,(H,7,8)(H,9,10). The Balaban J connectivity index is 0.000000342. The molecule has 0 spiro atoms. The number of carboxylic acids is 2. The van der Waals surface area contributed by atoms with Gasteiger partial charge < -0.3 is 30.9 Å². The molecule has 1 aromatic carbocycles. The van der Waals surface area contributed by atoms with E-state index in [1.165, 1.54) is 0 Å². The van der Waals surface area contributed by atoms with Crippen LogP contribution in [0.15, 0.2) is 24.3 Å². The van der Waals surface area contributed by atoms with Crippen molar-refractivity contribution < 1.29 is 34.8 Å². The fraction of sp³-hybridized carbons (Fsp3) is 0.273. The average Bonchev–Trinajstić information content (AvgIpc) is 2.38. The van der Waals surface area contributed by atoms with Crippen LogP contribution >= 0.6 is 0 Å². The average molecular weight is 273 g/mol. The largest absolute Gasteiger partial charge is 0.495 e. The zero-order valence-electron chi connectivity index (χ0n) is 10.1. The van der Waals surface area contributed by atoms with Gasteiger partial charge in [0, 0.05) is 0 Å². The van der Waals surface area contributed by atoms with Crippen LogP contribution in [0.5, 0.6) is 5.75 Å². The van der Waals surface area contributed by atoms with Gasteiger partial charge in [0.2, 0.25) is 0 Å². The van der Waals surface area contributed by atoms with Crippen molar-refractivity contribution in [1.82, 2.24) is 0 Å². The minimum absolute atomic E-state index is 0.681. The highest BCUT2D eigenvalue weighted by molar-refractivity contribution is 5.83. The van der Waals surface area contributed by atoms with Crippen LogP contribution in [0.3, 0.4) is 0 Å². The molecule has 8 nitrogen and oxygen atoms in total. The SMILES string of the molecule is COc1ccccc1N.O=C(O)C(O)C(O)C(=O)O. The highest BCUT2D eigenvalue weighted by Gasteiger charge is 2.29. The summed E-state index contributed by atoms with van der Waals surface area (Å²) in [4.78, 5) is 19.5. The highest BCUT2D eigenvalue weighted by Crippen LogP contribution is 2.18. The minimum atomic E-state index is -2.27. The van der Waals surface area contributed by atoms with Crippen molar-refractivity contribution in [3.8, 4) is 5.75 Å². The van der Waals surface area contributed by atoms with Crippen LogP contribution in [0, 0.1) is 0 Å². The molecule has 1 rings (SSSR count). The summed E-state index contributed by atoms with van der Waals surface area (Å²) < 4.78 is 4.92. The molecule has 6 N–H and O–H groups in total. The molecule has 0 aromatic heterocycles. The Bertz CT molecular complexity index is 417. The number of benzene rings is 1. The Morgan fingerprint density at radius 1 is 1.11 bits per heavy atom. The lowest BCUT2D eigenvalue weighted by molar-refractivity contribution is -0.165. The van der Waals surface area contributed by atoms with E-state index in [4.69, 9.17) is 30.9 Å². The molecule has 0 saturated heterocycles. The van der Waals surface area contributed by atoms with Gasteiger partial charge in [0.25, 0.3) is 0 Å². The number of methoxy groups -OCH3 is 1. The fourth-order valence-electron chi connectivity index (χ4n) is 0.937. The van der Waals surface area contributed by atoms with Gasteiger partial charge in [0.1, 0.15) is 5.75 Å². The highest BCUT2D eigenvalue weighted by atomic mass is 16.5. The third-order valence-corrected chi connectivity index (χ3v) is 1.94. The van der Waals surface area contributed by atoms with Crippen molar-refractivity contribution >= 4 is 17.6 Å². The van der Waals surface area contributed by atoms with Crippen molar-refractivity contribution in [3.05, 3.63) is 24.3 Å². The summed E-state index contributed by atoms with van der Waals surface area (Å²) in [6.07, 6.45) is -4.53. The number of nitrogens with two attached hydrogens (primary N) is 1. The summed E-state index contributed by atoms with van der Waals surface area (Å²) in [5, 5.41) is 32.5. The molecule has 0 radical (unpaired) electrons. The lowest BCUT2D eigenvalue weighted by Crippen LogP contribution is -2.39. The van der Waals surface area contributed by atoms with Gasteiger partial charge in [-0.1, -0.05) is 12.1 Å². The summed E-state index contributed by atoms with van der Waals surface area (Å²) in [5.41, 5.74) is 6.19. The first-order valence-corrected chi connectivity index (χ1v) is 5.01. The van der Waals surface area contributed by atoms with Gasteiger partial charge in [0.15, 0.2) is 12.2 Å². The summed E-state index contributed by atoms with van der Waals surface area (Å²) in [7, 11) is 1.60. The molecule has 0 aliphatic heterocycles. The van der Waals surface area contributed by atoms with Crippen LogP contribution in [-0.4, -0.2) is 51.7 Å². The molecule has 19 heavy (non-hydrogen) atoms. The van der Waals surface area contributed by atoms with Crippen molar-refractivity contribution in [3.63, 3.8) is 0 Å². The van der Waals surface area contributed by atoms with Gasteiger partial charge in [-0.05, 0) is 12.1 Å². The van der Waals surface area contributed by atoms with Crippen molar-refractivity contribution in [2.24, 2.45) is 0 Å². The van der Waals surface area contributed by atoms with Gasteiger partial charge in [-0.3, -0.25) is 0 Å². The zero-order valence-corrected chi connectivity index (χ0v) is 10.1. The summed E-state index contributed by atoms with van der Waals surface area (Å²) in [5.74, 6) is -2.80. The number of hydrogen-bond acceptors (Lipinski definition) is 6. The molecule has 0 saturated carbocycles. The number of carbonyl (C=O) groups is 2. The van der Waals surface area contributed by atoms with Crippen molar-refractivity contribution in [1.29, 1.82) is 0 Å². The Morgan fingerprint density at radius 2 is 1.53 bits per heavy atom. The first-order chi connectivity index (χ1) is 8.81. The van der Waals surface area contributed by atoms with E-state index >= 15 is 0 Å². The Kier molecular flexibility index (Phi) is 6.94. The normalized spacial score (nSPS) is 12.6. The number of rotatable bonds is 4. The third kappa shape index (κ3) is 5.70. The third-order valence-electron chi connectivity index (χ3n) is 1.94. The first kappa shape index (κ1) is 16.7. The molecule has 2 unspecified atom stereocenters. The lowest BCUT2D eigenvalue weighted by Gasteiger charge is -2.07. The van der Waals surface area contributed by atoms with Crippen molar-refractivity contribution in [2.45, 2.75) is 12.2 Å². The molecule has 1 aromatic rings. The molecule has 0 bridgehead atoms. The zero-order chi connectivity index (χ0) is 15.0. The lowest BCUT2D eigenvalue weighted by atomic mass is 10.2. The van der Waals surface area contributed by atoms with E-state index in [0.29, 0.717) is 5.69 Å². The van der Waals surface area contributed by atoms with Crippen LogP contribution in [-0.2, 0) is 9.59 Å². The van der Waals surface area contributed by atoms with Crippen LogP contribution in [0.1, 0.15) is 0 Å². The van der Waals surface area contributed by atoms with E-state index in [1.807, 2.05) is 18.2 Å². The van der Waals surface area contributed by atoms with Gasteiger partial charge in [-0.15, -0.1) is 0 Å².